The highest BCUT2D eigenvalue weighted by atomic mass is 79.9. The van der Waals surface area contributed by atoms with Crippen molar-refractivity contribution in [2.24, 2.45) is 0 Å². The van der Waals surface area contributed by atoms with E-state index in [-0.39, 0.29) is 4.90 Å². The van der Waals surface area contributed by atoms with E-state index in [1.165, 1.54) is 17.4 Å². The molecule has 4 nitrogen and oxygen atoms in total. The maximum Gasteiger partial charge on any atom is 0.264 e. The molecule has 0 spiro atoms. The monoisotopic (exact) mass is 410 g/mol. The number of halogens is 2. The van der Waals surface area contributed by atoms with E-state index in [0.29, 0.717) is 9.60 Å². The van der Waals surface area contributed by atoms with Crippen molar-refractivity contribution < 1.29 is 8.42 Å². The molecule has 0 aliphatic rings. The summed E-state index contributed by atoms with van der Waals surface area (Å²) in [4.78, 5) is 4.25. The summed E-state index contributed by atoms with van der Waals surface area (Å²) in [6.07, 6.45) is 0. The van der Waals surface area contributed by atoms with Crippen molar-refractivity contribution in [2.45, 2.75) is 11.8 Å². The first kappa shape index (κ1) is 14.0. The fourth-order valence-corrected chi connectivity index (χ4v) is 4.95. The Kier molecular flexibility index (Phi) is 4.10. The lowest BCUT2D eigenvalue weighted by atomic mass is 10.4. The van der Waals surface area contributed by atoms with E-state index in [4.69, 9.17) is 0 Å². The van der Waals surface area contributed by atoms with Crippen LogP contribution in [0.1, 0.15) is 5.69 Å². The lowest BCUT2D eigenvalue weighted by Gasteiger charge is -2.07. The van der Waals surface area contributed by atoms with Crippen LogP contribution in [-0.2, 0) is 10.0 Å². The Balaban J connectivity index is 2.36. The van der Waals surface area contributed by atoms with E-state index < -0.39 is 10.0 Å². The molecule has 1 aromatic heterocycles. The van der Waals surface area contributed by atoms with Gasteiger partial charge in [0.05, 0.1) is 5.69 Å². The number of sulfonamides is 1. The minimum Gasteiger partial charge on any atom is -0.255 e. The molecule has 1 heterocycles. The predicted octanol–water partition coefficient (Wildman–Crippen LogP) is 3.78. The van der Waals surface area contributed by atoms with Gasteiger partial charge in [-0.25, -0.2) is 13.4 Å². The highest BCUT2D eigenvalue weighted by Gasteiger charge is 2.19. The fourth-order valence-electron chi connectivity index (χ4n) is 1.26. The Hall–Kier alpha value is -0.440. The molecule has 0 amide bonds. The van der Waals surface area contributed by atoms with Gasteiger partial charge in [-0.2, -0.15) is 0 Å². The van der Waals surface area contributed by atoms with Gasteiger partial charge in [0, 0.05) is 14.3 Å². The van der Waals surface area contributed by atoms with Crippen LogP contribution in [-0.4, -0.2) is 13.4 Å². The SMILES string of the molecule is Cc1csc(NS(=O)(=O)c2ccc(Br)cc2Br)n1. The van der Waals surface area contributed by atoms with Gasteiger partial charge >= 0.3 is 0 Å². The van der Waals surface area contributed by atoms with Gasteiger partial charge in [-0.15, -0.1) is 11.3 Å². The molecule has 0 aliphatic carbocycles. The van der Waals surface area contributed by atoms with Crippen LogP contribution in [0.25, 0.3) is 0 Å². The predicted molar refractivity (Wildman–Crippen MR) is 79.5 cm³/mol. The minimum atomic E-state index is -3.62. The molecule has 8 heteroatoms. The number of benzene rings is 1. The van der Waals surface area contributed by atoms with Gasteiger partial charge in [0.15, 0.2) is 5.13 Å². The summed E-state index contributed by atoms with van der Waals surface area (Å²) in [7, 11) is -3.62. The van der Waals surface area contributed by atoms with Crippen LogP contribution in [0, 0.1) is 6.92 Å². The third-order valence-electron chi connectivity index (χ3n) is 2.02. The van der Waals surface area contributed by atoms with Crippen molar-refractivity contribution in [3.63, 3.8) is 0 Å². The smallest absolute Gasteiger partial charge is 0.255 e. The van der Waals surface area contributed by atoms with Crippen LogP contribution < -0.4 is 4.72 Å². The van der Waals surface area contributed by atoms with Crippen molar-refractivity contribution in [2.75, 3.05) is 4.72 Å². The number of aromatic nitrogens is 1. The van der Waals surface area contributed by atoms with Crippen LogP contribution in [0.4, 0.5) is 5.13 Å². The largest absolute Gasteiger partial charge is 0.264 e. The summed E-state index contributed by atoms with van der Waals surface area (Å²) in [6, 6.07) is 4.88. The molecule has 1 N–H and O–H groups in total. The molecular weight excluding hydrogens is 404 g/mol. The molecule has 0 atom stereocenters. The molecule has 0 unspecified atom stereocenters. The van der Waals surface area contributed by atoms with Gasteiger partial charge in [0.1, 0.15) is 4.90 Å². The molecule has 2 rings (SSSR count). The molecule has 0 bridgehead atoms. The summed E-state index contributed by atoms with van der Waals surface area (Å²) in [5.41, 5.74) is 0.785. The molecule has 0 fully saturated rings. The third kappa shape index (κ3) is 3.11. The van der Waals surface area contributed by atoms with Crippen LogP contribution in [0.15, 0.2) is 37.4 Å². The Bertz CT molecular complexity index is 683. The molecule has 1 aromatic carbocycles. The van der Waals surface area contributed by atoms with Crippen molar-refractivity contribution in [1.82, 2.24) is 4.98 Å². The topological polar surface area (TPSA) is 59.1 Å². The first-order valence-corrected chi connectivity index (χ1v) is 8.73. The highest BCUT2D eigenvalue weighted by Crippen LogP contribution is 2.28. The van der Waals surface area contributed by atoms with E-state index >= 15 is 0 Å². The molecule has 0 radical (unpaired) electrons. The van der Waals surface area contributed by atoms with Gasteiger partial charge in [-0.05, 0) is 41.1 Å². The first-order chi connectivity index (χ1) is 8.38. The molecule has 0 saturated carbocycles. The lowest BCUT2D eigenvalue weighted by Crippen LogP contribution is -2.13. The molecule has 0 aliphatic heterocycles. The lowest BCUT2D eigenvalue weighted by molar-refractivity contribution is 0.600. The van der Waals surface area contributed by atoms with E-state index in [1.807, 2.05) is 6.92 Å². The average Bonchev–Trinajstić information content (AvgIpc) is 2.62. The fraction of sp³-hybridized carbons (Fsp3) is 0.100. The zero-order valence-corrected chi connectivity index (χ0v) is 14.0. The number of nitrogens with zero attached hydrogens (tertiary/aromatic N) is 1. The Morgan fingerprint density at radius 1 is 1.33 bits per heavy atom. The second kappa shape index (κ2) is 5.28. The number of hydrogen-bond acceptors (Lipinski definition) is 4. The Labute approximate surface area is 126 Å². The van der Waals surface area contributed by atoms with Gasteiger partial charge in [-0.3, -0.25) is 4.72 Å². The number of hydrogen-bond donors (Lipinski definition) is 1. The quantitative estimate of drug-likeness (QED) is 0.835. The van der Waals surface area contributed by atoms with E-state index in [2.05, 4.69) is 41.6 Å². The van der Waals surface area contributed by atoms with Crippen molar-refractivity contribution in [1.29, 1.82) is 0 Å². The number of aryl methyl sites for hydroxylation is 1. The minimum absolute atomic E-state index is 0.179. The van der Waals surface area contributed by atoms with E-state index in [0.717, 1.165) is 10.2 Å². The summed E-state index contributed by atoms with van der Waals surface area (Å²) < 4.78 is 28.1. The first-order valence-electron chi connectivity index (χ1n) is 4.78. The Morgan fingerprint density at radius 2 is 2.06 bits per heavy atom. The zero-order valence-electron chi connectivity index (χ0n) is 9.15. The molecule has 96 valence electrons. The Morgan fingerprint density at radius 3 is 2.61 bits per heavy atom. The second-order valence-corrected chi connectivity index (χ2v) is 7.75. The summed E-state index contributed by atoms with van der Waals surface area (Å²) in [5, 5.41) is 2.15. The molecular formula is C10H8Br2N2O2S2. The van der Waals surface area contributed by atoms with Crippen molar-refractivity contribution in [3.05, 3.63) is 38.2 Å². The van der Waals surface area contributed by atoms with Gasteiger partial charge in [0.25, 0.3) is 10.0 Å². The standard InChI is InChI=1S/C10H8Br2N2O2S2/c1-6-5-17-10(13-6)14-18(15,16)9-3-2-7(11)4-8(9)12/h2-5H,1H3,(H,13,14). The highest BCUT2D eigenvalue weighted by molar-refractivity contribution is 9.11. The van der Waals surface area contributed by atoms with Crippen molar-refractivity contribution in [3.8, 4) is 0 Å². The zero-order chi connectivity index (χ0) is 13.3. The molecule has 18 heavy (non-hydrogen) atoms. The van der Waals surface area contributed by atoms with Crippen LogP contribution in [0.3, 0.4) is 0 Å². The summed E-state index contributed by atoms with van der Waals surface area (Å²) >= 11 is 7.77. The van der Waals surface area contributed by atoms with E-state index in [9.17, 15) is 8.42 Å². The normalized spacial score (nSPS) is 11.5. The summed E-state index contributed by atoms with van der Waals surface area (Å²) in [6.45, 7) is 1.81. The van der Waals surface area contributed by atoms with Crippen molar-refractivity contribution >= 4 is 58.4 Å². The van der Waals surface area contributed by atoms with Crippen LogP contribution in [0.5, 0.6) is 0 Å². The van der Waals surface area contributed by atoms with Gasteiger partial charge in [0.2, 0.25) is 0 Å². The third-order valence-corrected chi connectivity index (χ3v) is 5.84. The van der Waals surface area contributed by atoms with Crippen LogP contribution in [0.2, 0.25) is 0 Å². The molecule has 0 saturated heterocycles. The number of anilines is 1. The summed E-state index contributed by atoms with van der Waals surface area (Å²) in [5.74, 6) is 0. The van der Waals surface area contributed by atoms with Gasteiger partial charge < -0.3 is 0 Å². The average molecular weight is 412 g/mol. The second-order valence-electron chi connectivity index (χ2n) is 3.47. The number of nitrogens with one attached hydrogen (secondary N) is 1. The number of rotatable bonds is 3. The number of thiazole rings is 1. The molecule has 2 aromatic rings. The maximum atomic E-state index is 12.2. The maximum absolute atomic E-state index is 12.2. The van der Waals surface area contributed by atoms with Gasteiger partial charge in [-0.1, -0.05) is 15.9 Å². The van der Waals surface area contributed by atoms with Crippen LogP contribution >= 0.6 is 43.2 Å². The van der Waals surface area contributed by atoms with E-state index in [1.54, 1.807) is 17.5 Å².